The van der Waals surface area contributed by atoms with Crippen LogP contribution < -0.4 is 10.1 Å². The van der Waals surface area contributed by atoms with Crippen LogP contribution in [0, 0.1) is 19.8 Å². The summed E-state index contributed by atoms with van der Waals surface area (Å²) in [4.78, 5) is 0. The molecule has 2 nitrogen and oxygen atoms in total. The molecule has 0 spiro atoms. The van der Waals surface area contributed by atoms with Crippen LogP contribution in [0.1, 0.15) is 30.5 Å². The van der Waals surface area contributed by atoms with Crippen molar-refractivity contribution in [1.82, 2.24) is 5.32 Å². The predicted octanol–water partition coefficient (Wildman–Crippen LogP) is 3.79. The third kappa shape index (κ3) is 5.87. The zero-order valence-corrected chi connectivity index (χ0v) is 13.7. The smallest absolute Gasteiger partial charge is 0.125 e. The molecule has 1 rings (SSSR count). The fourth-order valence-electron chi connectivity index (χ4n) is 2.10. The van der Waals surface area contributed by atoms with Gasteiger partial charge < -0.3 is 10.1 Å². The fraction of sp³-hybridized carbons (Fsp3) is 0.625. The van der Waals surface area contributed by atoms with Gasteiger partial charge in [0.05, 0.1) is 6.61 Å². The lowest BCUT2D eigenvalue weighted by molar-refractivity contribution is 0.339. The van der Waals surface area contributed by atoms with Gasteiger partial charge in [-0.15, -0.1) is 0 Å². The van der Waals surface area contributed by atoms with Crippen LogP contribution in [0.15, 0.2) is 12.1 Å². The Bertz CT molecular complexity index is 367. The third-order valence-electron chi connectivity index (χ3n) is 2.94. The molecule has 0 saturated carbocycles. The largest absolute Gasteiger partial charge is 0.492 e. The Kier molecular flexibility index (Phi) is 7.32. The van der Waals surface area contributed by atoms with Crippen LogP contribution >= 0.6 is 11.8 Å². The highest BCUT2D eigenvalue weighted by molar-refractivity contribution is 7.98. The van der Waals surface area contributed by atoms with Crippen molar-refractivity contribution >= 4 is 11.8 Å². The fourth-order valence-corrected chi connectivity index (χ4v) is 2.35. The molecule has 3 heteroatoms. The van der Waals surface area contributed by atoms with E-state index in [0.717, 1.165) is 31.2 Å². The molecule has 1 N–H and O–H groups in total. The van der Waals surface area contributed by atoms with Crippen molar-refractivity contribution in [2.45, 2.75) is 34.2 Å². The van der Waals surface area contributed by atoms with Crippen molar-refractivity contribution in [3.63, 3.8) is 0 Å². The SMILES string of the molecule is CSCCOc1c(C)cc(CNCC(C)C)cc1C. The van der Waals surface area contributed by atoms with Crippen molar-refractivity contribution in [2.24, 2.45) is 5.92 Å². The molecule has 19 heavy (non-hydrogen) atoms. The minimum absolute atomic E-state index is 0.691. The van der Waals surface area contributed by atoms with Crippen LogP contribution in [0.25, 0.3) is 0 Å². The van der Waals surface area contributed by atoms with Crippen LogP contribution in [0.3, 0.4) is 0 Å². The van der Waals surface area contributed by atoms with Gasteiger partial charge in [-0.1, -0.05) is 26.0 Å². The lowest BCUT2D eigenvalue weighted by atomic mass is 10.1. The van der Waals surface area contributed by atoms with E-state index < -0.39 is 0 Å². The van der Waals surface area contributed by atoms with E-state index in [1.165, 1.54) is 16.7 Å². The zero-order valence-electron chi connectivity index (χ0n) is 12.9. The molecule has 1 aromatic rings. The van der Waals surface area contributed by atoms with Gasteiger partial charge >= 0.3 is 0 Å². The standard InChI is InChI=1S/C16H27NOS/c1-12(2)10-17-11-15-8-13(3)16(14(4)9-15)18-6-7-19-5/h8-9,12,17H,6-7,10-11H2,1-5H3. The van der Waals surface area contributed by atoms with E-state index in [1.54, 1.807) is 0 Å². The highest BCUT2D eigenvalue weighted by Crippen LogP contribution is 2.25. The van der Waals surface area contributed by atoms with Crippen molar-refractivity contribution in [3.8, 4) is 5.75 Å². The summed E-state index contributed by atoms with van der Waals surface area (Å²) in [6.45, 7) is 11.5. The minimum atomic E-state index is 0.691. The van der Waals surface area contributed by atoms with E-state index in [0.29, 0.717) is 5.92 Å². The maximum Gasteiger partial charge on any atom is 0.125 e. The van der Waals surface area contributed by atoms with Gasteiger partial charge in [0.1, 0.15) is 5.75 Å². The Morgan fingerprint density at radius 3 is 2.37 bits per heavy atom. The monoisotopic (exact) mass is 281 g/mol. The van der Waals surface area contributed by atoms with Crippen LogP contribution in [-0.2, 0) is 6.54 Å². The Morgan fingerprint density at radius 2 is 1.84 bits per heavy atom. The first-order valence-corrected chi connectivity index (χ1v) is 8.36. The van der Waals surface area contributed by atoms with E-state index >= 15 is 0 Å². The van der Waals surface area contributed by atoms with Gasteiger partial charge in [-0.25, -0.2) is 0 Å². The Hall–Kier alpha value is -0.670. The summed E-state index contributed by atoms with van der Waals surface area (Å²) >= 11 is 1.81. The second-order valence-corrected chi connectivity index (χ2v) is 6.41. The highest BCUT2D eigenvalue weighted by atomic mass is 32.2. The van der Waals surface area contributed by atoms with Crippen molar-refractivity contribution in [3.05, 3.63) is 28.8 Å². The summed E-state index contributed by atoms with van der Waals surface area (Å²) in [6.07, 6.45) is 2.10. The first-order valence-electron chi connectivity index (χ1n) is 6.97. The number of nitrogens with one attached hydrogen (secondary N) is 1. The summed E-state index contributed by atoms with van der Waals surface area (Å²) in [5, 5.41) is 3.48. The molecular formula is C16H27NOS. The van der Waals surface area contributed by atoms with Gasteiger partial charge in [0.15, 0.2) is 0 Å². The second-order valence-electron chi connectivity index (χ2n) is 5.42. The first kappa shape index (κ1) is 16.4. The summed E-state index contributed by atoms with van der Waals surface area (Å²) in [6, 6.07) is 4.46. The molecular weight excluding hydrogens is 254 g/mol. The number of rotatable bonds is 8. The van der Waals surface area contributed by atoms with E-state index in [9.17, 15) is 0 Å². The lowest BCUT2D eigenvalue weighted by Crippen LogP contribution is -2.19. The summed E-state index contributed by atoms with van der Waals surface area (Å²) in [5.74, 6) is 2.79. The second kappa shape index (κ2) is 8.49. The molecule has 0 fully saturated rings. The molecule has 0 heterocycles. The van der Waals surface area contributed by atoms with Crippen LogP contribution in [0.5, 0.6) is 5.75 Å². The molecule has 0 saturated heterocycles. The van der Waals surface area contributed by atoms with E-state index in [1.807, 2.05) is 11.8 Å². The lowest BCUT2D eigenvalue weighted by Gasteiger charge is -2.14. The molecule has 0 amide bonds. The van der Waals surface area contributed by atoms with Crippen LogP contribution in [-0.4, -0.2) is 25.2 Å². The summed E-state index contributed by atoms with van der Waals surface area (Å²) in [5.41, 5.74) is 3.82. The molecule has 0 bridgehead atoms. The van der Waals surface area contributed by atoms with Gasteiger partial charge in [-0.05, 0) is 49.3 Å². The molecule has 108 valence electrons. The first-order chi connectivity index (χ1) is 9.04. The third-order valence-corrected chi connectivity index (χ3v) is 3.51. The number of aryl methyl sites for hydroxylation is 2. The zero-order chi connectivity index (χ0) is 14.3. The Morgan fingerprint density at radius 1 is 1.21 bits per heavy atom. The van der Waals surface area contributed by atoms with Gasteiger partial charge in [0.25, 0.3) is 0 Å². The topological polar surface area (TPSA) is 21.3 Å². The van der Waals surface area contributed by atoms with Crippen LogP contribution in [0.4, 0.5) is 0 Å². The van der Waals surface area contributed by atoms with Gasteiger partial charge in [0.2, 0.25) is 0 Å². The van der Waals surface area contributed by atoms with Crippen molar-refractivity contribution < 1.29 is 4.74 Å². The molecule has 1 aromatic carbocycles. The Labute approximate surface area is 122 Å². The van der Waals surface area contributed by atoms with Crippen LogP contribution in [0.2, 0.25) is 0 Å². The molecule has 0 aliphatic heterocycles. The van der Waals surface area contributed by atoms with Gasteiger partial charge in [-0.2, -0.15) is 11.8 Å². The average molecular weight is 281 g/mol. The van der Waals surface area contributed by atoms with Crippen molar-refractivity contribution in [2.75, 3.05) is 25.2 Å². The number of hydrogen-bond donors (Lipinski definition) is 1. The number of benzene rings is 1. The molecule has 0 aliphatic carbocycles. The highest BCUT2D eigenvalue weighted by Gasteiger charge is 2.06. The molecule has 0 atom stereocenters. The summed E-state index contributed by atoms with van der Waals surface area (Å²) < 4.78 is 5.86. The molecule has 0 radical (unpaired) electrons. The summed E-state index contributed by atoms with van der Waals surface area (Å²) in [7, 11) is 0. The van der Waals surface area contributed by atoms with Crippen molar-refractivity contribution in [1.29, 1.82) is 0 Å². The Balaban J connectivity index is 2.62. The maximum atomic E-state index is 5.86. The molecule has 0 unspecified atom stereocenters. The normalized spacial score (nSPS) is 11.1. The number of ether oxygens (including phenoxy) is 1. The van der Waals surface area contributed by atoms with E-state index in [2.05, 4.69) is 51.4 Å². The molecule has 0 aromatic heterocycles. The maximum absolute atomic E-state index is 5.86. The van der Waals surface area contributed by atoms with Gasteiger partial charge in [-0.3, -0.25) is 0 Å². The predicted molar refractivity (Wildman–Crippen MR) is 86.3 cm³/mol. The molecule has 0 aliphatic rings. The number of thioether (sulfide) groups is 1. The van der Waals surface area contributed by atoms with E-state index in [-0.39, 0.29) is 0 Å². The number of hydrogen-bond acceptors (Lipinski definition) is 3. The average Bonchev–Trinajstić information content (AvgIpc) is 2.32. The van der Waals surface area contributed by atoms with E-state index in [4.69, 9.17) is 4.74 Å². The minimum Gasteiger partial charge on any atom is -0.492 e. The van der Waals surface area contributed by atoms with Gasteiger partial charge in [0, 0.05) is 12.3 Å². The quantitative estimate of drug-likeness (QED) is 0.733.